The number of carbonyl (C=O) groups is 3. The molecule has 8 heteroatoms. The highest BCUT2D eigenvalue weighted by atomic mass is 16.6. The average Bonchev–Trinajstić information content (AvgIpc) is 2.57. The van der Waals surface area contributed by atoms with Crippen molar-refractivity contribution in [3.8, 4) is 0 Å². The van der Waals surface area contributed by atoms with Crippen molar-refractivity contribution in [3.63, 3.8) is 0 Å². The van der Waals surface area contributed by atoms with E-state index in [9.17, 15) is 14.4 Å². The zero-order valence-electron chi connectivity index (χ0n) is 18.4. The molecule has 0 bridgehead atoms. The molecule has 8 nitrogen and oxygen atoms in total. The number of carbonyl (C=O) groups excluding carboxylic acids is 3. The minimum absolute atomic E-state index is 0.000761. The van der Waals surface area contributed by atoms with Crippen molar-refractivity contribution in [2.24, 2.45) is 11.3 Å². The van der Waals surface area contributed by atoms with Crippen molar-refractivity contribution in [1.29, 1.82) is 0 Å². The molecule has 0 aliphatic carbocycles. The molecule has 1 N–H and O–H groups in total. The van der Waals surface area contributed by atoms with Crippen LogP contribution in [0.1, 0.15) is 41.0 Å². The van der Waals surface area contributed by atoms with Gasteiger partial charge in [0.25, 0.3) is 0 Å². The molecule has 0 spiro atoms. The molecule has 1 unspecified atom stereocenters. The average molecular weight is 402 g/mol. The summed E-state index contributed by atoms with van der Waals surface area (Å²) >= 11 is 0. The highest BCUT2D eigenvalue weighted by Gasteiger charge is 2.36. The fraction of sp³-hybridized carbons (Fsp3) is 0.750. The second kappa shape index (κ2) is 11.7. The topological polar surface area (TPSA) is 90.9 Å². The summed E-state index contributed by atoms with van der Waals surface area (Å²) in [4.78, 5) is 35.1. The Labute approximate surface area is 168 Å². The summed E-state index contributed by atoms with van der Waals surface area (Å²) in [5.41, 5.74) is 0.197. The predicted molar refractivity (Wildman–Crippen MR) is 107 cm³/mol. The van der Waals surface area contributed by atoms with E-state index in [0.29, 0.717) is 25.3 Å². The largest absolute Gasteiger partial charge is 0.515 e. The van der Waals surface area contributed by atoms with E-state index >= 15 is 0 Å². The van der Waals surface area contributed by atoms with Crippen LogP contribution in [0, 0.1) is 11.3 Å². The van der Waals surface area contributed by atoms with Gasteiger partial charge in [-0.05, 0) is 25.7 Å². The first-order valence-electron chi connectivity index (χ1n) is 9.57. The zero-order valence-corrected chi connectivity index (χ0v) is 18.4. The maximum atomic E-state index is 12.4. The summed E-state index contributed by atoms with van der Waals surface area (Å²) in [6, 6.07) is 0. The van der Waals surface area contributed by atoms with Crippen LogP contribution in [0.3, 0.4) is 0 Å². The van der Waals surface area contributed by atoms with Crippen molar-refractivity contribution in [1.82, 2.24) is 5.32 Å². The SMILES string of the molecule is C=C(C)C(=O)OCCOC(=O)[N+](C)(C)CC(C)C(C)(C)CCNC(=O)OCC. The zero-order chi connectivity index (χ0) is 22.0. The molecule has 0 aromatic carbocycles. The summed E-state index contributed by atoms with van der Waals surface area (Å²) < 4.78 is 15.1. The molecular weight excluding hydrogens is 364 g/mol. The first kappa shape index (κ1) is 25.9. The third-order valence-corrected chi connectivity index (χ3v) is 4.76. The molecule has 0 aromatic rings. The van der Waals surface area contributed by atoms with Crippen molar-refractivity contribution in [3.05, 3.63) is 12.2 Å². The molecule has 0 saturated heterocycles. The normalized spacial score (nSPS) is 12.7. The molecular formula is C20H37N2O6+. The third kappa shape index (κ3) is 9.73. The predicted octanol–water partition coefficient (Wildman–Crippen LogP) is 3.12. The molecule has 0 rings (SSSR count). The van der Waals surface area contributed by atoms with E-state index in [1.807, 2.05) is 0 Å². The smallest absolute Gasteiger partial charge is 0.459 e. The van der Waals surface area contributed by atoms with Crippen molar-refractivity contribution < 1.29 is 33.1 Å². The maximum absolute atomic E-state index is 12.4. The molecule has 1 atom stereocenters. The summed E-state index contributed by atoms with van der Waals surface area (Å²) in [6.07, 6.45) is -0.0598. The molecule has 0 aromatic heterocycles. The van der Waals surface area contributed by atoms with Crippen LogP contribution in [0.5, 0.6) is 0 Å². The Morgan fingerprint density at radius 1 is 1.11 bits per heavy atom. The van der Waals surface area contributed by atoms with E-state index in [2.05, 4.69) is 32.7 Å². The number of alkyl carbamates (subject to hydrolysis) is 1. The van der Waals surface area contributed by atoms with Gasteiger partial charge in [-0.3, -0.25) is 0 Å². The summed E-state index contributed by atoms with van der Waals surface area (Å²) in [5, 5.41) is 2.73. The van der Waals surface area contributed by atoms with Crippen LogP contribution in [0.25, 0.3) is 0 Å². The lowest BCUT2D eigenvalue weighted by atomic mass is 9.76. The van der Waals surface area contributed by atoms with E-state index < -0.39 is 18.2 Å². The number of esters is 1. The van der Waals surface area contributed by atoms with E-state index in [-0.39, 0.29) is 29.0 Å². The Hall–Kier alpha value is -2.09. The molecule has 0 aliphatic heterocycles. The number of hydrogen-bond acceptors (Lipinski definition) is 6. The van der Waals surface area contributed by atoms with Crippen molar-refractivity contribution in [2.75, 3.05) is 47.0 Å². The van der Waals surface area contributed by atoms with Crippen LogP contribution in [0.15, 0.2) is 12.2 Å². The van der Waals surface area contributed by atoms with Gasteiger partial charge in [-0.1, -0.05) is 27.4 Å². The number of ether oxygens (including phenoxy) is 3. The highest BCUT2D eigenvalue weighted by Crippen LogP contribution is 2.31. The second-order valence-corrected chi connectivity index (χ2v) is 8.19. The van der Waals surface area contributed by atoms with E-state index in [4.69, 9.17) is 14.2 Å². The van der Waals surface area contributed by atoms with Gasteiger partial charge in [0.05, 0.1) is 27.2 Å². The highest BCUT2D eigenvalue weighted by molar-refractivity contribution is 5.86. The van der Waals surface area contributed by atoms with Crippen LogP contribution < -0.4 is 5.32 Å². The second-order valence-electron chi connectivity index (χ2n) is 8.19. The Bertz CT molecular complexity index is 557. The molecule has 28 heavy (non-hydrogen) atoms. The Balaban J connectivity index is 4.46. The van der Waals surface area contributed by atoms with Crippen molar-refractivity contribution in [2.45, 2.75) is 41.0 Å². The first-order valence-corrected chi connectivity index (χ1v) is 9.57. The quantitative estimate of drug-likeness (QED) is 0.188. The molecule has 0 radical (unpaired) electrons. The van der Waals surface area contributed by atoms with Crippen molar-refractivity contribution >= 4 is 18.2 Å². The lowest BCUT2D eigenvalue weighted by Gasteiger charge is -2.36. The van der Waals surface area contributed by atoms with Gasteiger partial charge in [-0.2, -0.15) is 4.79 Å². The molecule has 2 amide bonds. The Morgan fingerprint density at radius 3 is 2.21 bits per heavy atom. The number of hydrogen-bond donors (Lipinski definition) is 1. The maximum Gasteiger partial charge on any atom is 0.515 e. The van der Waals surface area contributed by atoms with Gasteiger partial charge < -0.3 is 19.5 Å². The minimum Gasteiger partial charge on any atom is -0.459 e. The summed E-state index contributed by atoms with van der Waals surface area (Å²) in [7, 11) is 3.57. The van der Waals surface area contributed by atoms with Crippen LogP contribution in [0.2, 0.25) is 0 Å². The standard InChI is InChI=1S/C20H36N2O6/c1-9-26-18(24)21-11-10-20(5,6)16(4)14-22(7,8)19(25)28-13-12-27-17(23)15(2)3/h16H,2,9-14H2,1,3-8H3/p+1. The van der Waals surface area contributed by atoms with Gasteiger partial charge in [0.1, 0.15) is 13.2 Å². The molecule has 0 saturated carbocycles. The number of nitrogens with one attached hydrogen (secondary N) is 1. The van der Waals surface area contributed by atoms with E-state index in [1.54, 1.807) is 27.9 Å². The van der Waals surface area contributed by atoms with Crippen LogP contribution in [-0.2, 0) is 19.0 Å². The molecule has 0 fully saturated rings. The van der Waals surface area contributed by atoms with Gasteiger partial charge in [0.15, 0.2) is 0 Å². The fourth-order valence-electron chi connectivity index (χ4n) is 2.48. The summed E-state index contributed by atoms with van der Waals surface area (Å²) in [5.74, 6) is -0.322. The first-order chi connectivity index (χ1) is 12.8. The van der Waals surface area contributed by atoms with Gasteiger partial charge in [0.2, 0.25) is 0 Å². The molecule has 0 aliphatic rings. The van der Waals surface area contributed by atoms with Gasteiger partial charge in [0, 0.05) is 18.0 Å². The number of rotatable bonds is 11. The van der Waals surface area contributed by atoms with Gasteiger partial charge in [-0.15, -0.1) is 0 Å². The third-order valence-electron chi connectivity index (χ3n) is 4.76. The molecule has 162 valence electrons. The lowest BCUT2D eigenvalue weighted by Crippen LogP contribution is -2.51. The number of quaternary nitrogens is 1. The number of amides is 2. The van der Waals surface area contributed by atoms with Crippen LogP contribution in [-0.4, -0.2) is 69.6 Å². The number of nitrogens with zero attached hydrogens (tertiary/aromatic N) is 1. The van der Waals surface area contributed by atoms with E-state index in [1.165, 1.54) is 0 Å². The molecule has 0 heterocycles. The van der Waals surface area contributed by atoms with Gasteiger partial charge >= 0.3 is 18.2 Å². The van der Waals surface area contributed by atoms with E-state index in [0.717, 1.165) is 6.42 Å². The monoisotopic (exact) mass is 401 g/mol. The minimum atomic E-state index is -0.503. The summed E-state index contributed by atoms with van der Waals surface area (Å²) in [6.45, 7) is 14.5. The van der Waals surface area contributed by atoms with Crippen LogP contribution in [0.4, 0.5) is 9.59 Å². The van der Waals surface area contributed by atoms with Crippen LogP contribution >= 0.6 is 0 Å². The van der Waals surface area contributed by atoms with Gasteiger partial charge in [-0.25, -0.2) is 14.1 Å². The Kier molecular flexibility index (Phi) is 10.8. The lowest BCUT2D eigenvalue weighted by molar-refractivity contribution is -0.821. The fourth-order valence-corrected chi connectivity index (χ4v) is 2.48. The Morgan fingerprint density at radius 2 is 1.68 bits per heavy atom.